The molecule has 4 aliphatic rings. The van der Waals surface area contributed by atoms with Gasteiger partial charge in [-0.25, -0.2) is 4.90 Å². The van der Waals surface area contributed by atoms with Crippen molar-refractivity contribution in [2.75, 3.05) is 4.90 Å². The zero-order valence-corrected chi connectivity index (χ0v) is 18.8. The van der Waals surface area contributed by atoms with Gasteiger partial charge in [-0.3, -0.25) is 9.59 Å². The summed E-state index contributed by atoms with van der Waals surface area (Å²) in [6.45, 7) is 2.01. The molecule has 4 aromatic carbocycles. The molecule has 1 aliphatic heterocycles. The van der Waals surface area contributed by atoms with Gasteiger partial charge in [0.25, 0.3) is 0 Å². The van der Waals surface area contributed by atoms with Crippen molar-refractivity contribution in [1.29, 1.82) is 0 Å². The molecular formula is C31H23NO2. The lowest BCUT2D eigenvalue weighted by atomic mass is 9.46. The van der Waals surface area contributed by atoms with Crippen LogP contribution in [-0.2, 0) is 15.0 Å². The molecule has 1 heterocycles. The fourth-order valence-corrected chi connectivity index (χ4v) is 6.88. The van der Waals surface area contributed by atoms with Crippen LogP contribution in [0.2, 0.25) is 0 Å². The Hall–Kier alpha value is -3.98. The Labute approximate surface area is 198 Å². The van der Waals surface area contributed by atoms with Crippen molar-refractivity contribution in [2.24, 2.45) is 5.92 Å². The molecule has 0 N–H and O–H groups in total. The first-order chi connectivity index (χ1) is 16.6. The number of amides is 2. The van der Waals surface area contributed by atoms with Gasteiger partial charge < -0.3 is 0 Å². The van der Waals surface area contributed by atoms with E-state index in [1.54, 1.807) is 0 Å². The number of hydrogen-bond acceptors (Lipinski definition) is 2. The van der Waals surface area contributed by atoms with Crippen LogP contribution in [-0.4, -0.2) is 11.8 Å². The number of anilines is 1. The third kappa shape index (κ3) is 2.22. The number of carbonyl (C=O) groups excluding carboxylic acids is 2. The molecule has 164 valence electrons. The van der Waals surface area contributed by atoms with E-state index in [0.29, 0.717) is 5.69 Å². The number of carbonyl (C=O) groups is 2. The van der Waals surface area contributed by atoms with Crippen LogP contribution in [0.25, 0.3) is 0 Å². The maximum atomic E-state index is 14.7. The highest BCUT2D eigenvalue weighted by Crippen LogP contribution is 2.67. The zero-order valence-electron chi connectivity index (χ0n) is 18.8. The van der Waals surface area contributed by atoms with E-state index in [-0.39, 0.29) is 23.7 Å². The Bertz CT molecular complexity index is 1430. The van der Waals surface area contributed by atoms with Crippen LogP contribution in [0.4, 0.5) is 5.69 Å². The summed E-state index contributed by atoms with van der Waals surface area (Å²) in [6.07, 6.45) is 0. The maximum absolute atomic E-state index is 14.7. The summed E-state index contributed by atoms with van der Waals surface area (Å²) >= 11 is 0. The third-order valence-electron chi connectivity index (χ3n) is 8.15. The number of hydrogen-bond donors (Lipinski definition) is 0. The Morgan fingerprint density at radius 2 is 1.18 bits per heavy atom. The van der Waals surface area contributed by atoms with Gasteiger partial charge >= 0.3 is 0 Å². The SMILES string of the molecule is Cc1ccc(N2C(=O)[C@H]3C4c5ccccc5C(c5ccccc54)[C@]3(c3ccccc3)C2=O)cc1. The van der Waals surface area contributed by atoms with Gasteiger partial charge in [-0.1, -0.05) is 96.6 Å². The average molecular weight is 442 g/mol. The number of nitrogens with zero attached hydrogens (tertiary/aromatic N) is 1. The average Bonchev–Trinajstić information content (AvgIpc) is 3.13. The lowest BCUT2D eigenvalue weighted by Crippen LogP contribution is -2.54. The van der Waals surface area contributed by atoms with E-state index >= 15 is 0 Å². The van der Waals surface area contributed by atoms with Gasteiger partial charge in [0.2, 0.25) is 11.8 Å². The van der Waals surface area contributed by atoms with Crippen molar-refractivity contribution in [3.05, 3.63) is 137 Å². The Morgan fingerprint density at radius 3 is 1.76 bits per heavy atom. The van der Waals surface area contributed by atoms with Crippen molar-refractivity contribution < 1.29 is 9.59 Å². The van der Waals surface area contributed by atoms with Crippen molar-refractivity contribution in [3.8, 4) is 0 Å². The van der Waals surface area contributed by atoms with E-state index in [0.717, 1.165) is 11.1 Å². The smallest absolute Gasteiger partial charge is 0.246 e. The second-order valence-electron chi connectivity index (χ2n) is 9.70. The molecule has 1 fully saturated rings. The molecule has 0 unspecified atom stereocenters. The van der Waals surface area contributed by atoms with E-state index in [2.05, 4.69) is 36.4 Å². The molecule has 0 saturated carbocycles. The third-order valence-corrected chi connectivity index (χ3v) is 8.15. The summed E-state index contributed by atoms with van der Waals surface area (Å²) in [5.41, 5.74) is 6.37. The largest absolute Gasteiger partial charge is 0.274 e. The molecule has 2 amide bonds. The Morgan fingerprint density at radius 1 is 0.647 bits per heavy atom. The Balaban J connectivity index is 1.58. The van der Waals surface area contributed by atoms with E-state index in [1.807, 2.05) is 73.7 Å². The molecule has 0 aromatic heterocycles. The van der Waals surface area contributed by atoms with Crippen LogP contribution >= 0.6 is 0 Å². The molecular weight excluding hydrogens is 418 g/mol. The summed E-state index contributed by atoms with van der Waals surface area (Å²) in [7, 11) is 0. The van der Waals surface area contributed by atoms with Gasteiger partial charge in [0.1, 0.15) is 0 Å². The predicted molar refractivity (Wildman–Crippen MR) is 132 cm³/mol. The predicted octanol–water partition coefficient (Wildman–Crippen LogP) is 5.71. The van der Waals surface area contributed by atoms with Crippen molar-refractivity contribution in [3.63, 3.8) is 0 Å². The number of imide groups is 1. The highest BCUT2D eigenvalue weighted by Gasteiger charge is 2.71. The first kappa shape index (κ1) is 19.5. The van der Waals surface area contributed by atoms with E-state index in [1.165, 1.54) is 27.2 Å². The lowest BCUT2D eigenvalue weighted by Gasteiger charge is -2.53. The molecule has 2 bridgehead atoms. The molecule has 2 atom stereocenters. The van der Waals surface area contributed by atoms with Crippen LogP contribution in [0, 0.1) is 12.8 Å². The van der Waals surface area contributed by atoms with Gasteiger partial charge in [-0.05, 0) is 46.9 Å². The molecule has 34 heavy (non-hydrogen) atoms. The van der Waals surface area contributed by atoms with Gasteiger partial charge in [-0.15, -0.1) is 0 Å². The quantitative estimate of drug-likeness (QED) is 0.374. The van der Waals surface area contributed by atoms with Crippen LogP contribution in [0.3, 0.4) is 0 Å². The van der Waals surface area contributed by atoms with E-state index in [4.69, 9.17) is 0 Å². The van der Waals surface area contributed by atoms with E-state index < -0.39 is 11.3 Å². The molecule has 3 heteroatoms. The molecule has 3 nitrogen and oxygen atoms in total. The first-order valence-electron chi connectivity index (χ1n) is 11.8. The van der Waals surface area contributed by atoms with Gasteiger partial charge in [0.05, 0.1) is 17.0 Å². The summed E-state index contributed by atoms with van der Waals surface area (Å²) in [6, 6.07) is 34.5. The minimum atomic E-state index is -0.976. The number of aryl methyl sites for hydroxylation is 1. The molecule has 4 aromatic rings. The minimum absolute atomic E-state index is 0.100. The van der Waals surface area contributed by atoms with Crippen LogP contribution in [0.5, 0.6) is 0 Å². The van der Waals surface area contributed by atoms with Crippen LogP contribution in [0.1, 0.15) is 45.2 Å². The number of rotatable bonds is 2. The molecule has 8 rings (SSSR count). The minimum Gasteiger partial charge on any atom is -0.274 e. The van der Waals surface area contributed by atoms with Crippen molar-refractivity contribution in [2.45, 2.75) is 24.2 Å². The topological polar surface area (TPSA) is 37.4 Å². The lowest BCUT2D eigenvalue weighted by molar-refractivity contribution is -0.124. The van der Waals surface area contributed by atoms with E-state index in [9.17, 15) is 9.59 Å². The zero-order chi connectivity index (χ0) is 23.0. The Kier molecular flexibility index (Phi) is 3.88. The summed E-state index contributed by atoms with van der Waals surface area (Å²) in [4.78, 5) is 30.5. The standard InChI is InChI=1S/C31H23NO2/c1-19-15-17-21(18-16-19)32-29(33)28-26-22-11-5-7-13-24(22)27(25-14-8-6-12-23(25)26)31(28,30(32)34)20-9-3-2-4-10-20/h2-18,26-28H,1H3/t26?,27?,28-,31+/m1/s1. The van der Waals surface area contributed by atoms with Crippen LogP contribution < -0.4 is 4.90 Å². The van der Waals surface area contributed by atoms with Crippen molar-refractivity contribution in [1.82, 2.24) is 0 Å². The summed E-state index contributed by atoms with van der Waals surface area (Å²) in [5, 5.41) is 0. The normalized spacial score (nSPS) is 26.3. The molecule has 3 aliphatic carbocycles. The van der Waals surface area contributed by atoms with Gasteiger partial charge in [0.15, 0.2) is 0 Å². The molecule has 1 saturated heterocycles. The monoisotopic (exact) mass is 441 g/mol. The van der Waals surface area contributed by atoms with Gasteiger partial charge in [0, 0.05) is 11.8 Å². The molecule has 0 radical (unpaired) electrons. The summed E-state index contributed by atoms with van der Waals surface area (Å²) < 4.78 is 0. The number of benzene rings is 4. The van der Waals surface area contributed by atoms with Gasteiger partial charge in [-0.2, -0.15) is 0 Å². The fourth-order valence-electron chi connectivity index (χ4n) is 6.88. The van der Waals surface area contributed by atoms with Crippen molar-refractivity contribution >= 4 is 17.5 Å². The second-order valence-corrected chi connectivity index (χ2v) is 9.70. The van der Waals surface area contributed by atoms with Crippen LogP contribution in [0.15, 0.2) is 103 Å². The fraction of sp³-hybridized carbons (Fsp3) is 0.161. The highest BCUT2D eigenvalue weighted by atomic mass is 16.2. The first-order valence-corrected chi connectivity index (χ1v) is 11.8. The highest BCUT2D eigenvalue weighted by molar-refractivity contribution is 6.27. The maximum Gasteiger partial charge on any atom is 0.246 e. The summed E-state index contributed by atoms with van der Waals surface area (Å²) in [5.74, 6) is -1.08. The molecule has 0 spiro atoms. The second kappa shape index (κ2) is 6.77.